The van der Waals surface area contributed by atoms with Crippen molar-refractivity contribution in [1.82, 2.24) is 0 Å². The Hall–Kier alpha value is -2.09. The Morgan fingerprint density at radius 3 is 2.29 bits per heavy atom. The number of hydrogen-bond donors (Lipinski definition) is 0. The van der Waals surface area contributed by atoms with E-state index in [1.807, 2.05) is 48.5 Å². The molecule has 1 fully saturated rings. The third-order valence-electron chi connectivity index (χ3n) is 4.31. The van der Waals surface area contributed by atoms with Crippen molar-refractivity contribution >= 4 is 11.5 Å². The van der Waals surface area contributed by atoms with Gasteiger partial charge in [0, 0.05) is 29.9 Å². The topological polar surface area (TPSA) is 20.3 Å². The number of para-hydroxylation sites is 1. The maximum Gasteiger partial charge on any atom is 0.195 e. The van der Waals surface area contributed by atoms with Crippen molar-refractivity contribution < 1.29 is 4.79 Å². The minimum atomic E-state index is 0.116. The smallest absolute Gasteiger partial charge is 0.195 e. The highest BCUT2D eigenvalue weighted by molar-refractivity contribution is 6.12. The van der Waals surface area contributed by atoms with E-state index in [1.165, 1.54) is 12.8 Å². The van der Waals surface area contributed by atoms with Crippen molar-refractivity contribution in [3.05, 3.63) is 65.7 Å². The maximum atomic E-state index is 12.7. The number of benzene rings is 2. The molecule has 0 amide bonds. The van der Waals surface area contributed by atoms with Crippen molar-refractivity contribution in [2.24, 2.45) is 5.92 Å². The van der Waals surface area contributed by atoms with Gasteiger partial charge >= 0.3 is 0 Å². The van der Waals surface area contributed by atoms with Gasteiger partial charge in [-0.3, -0.25) is 4.79 Å². The fourth-order valence-corrected chi connectivity index (χ4v) is 2.94. The first-order valence-electron chi connectivity index (χ1n) is 7.69. The van der Waals surface area contributed by atoms with E-state index in [0.717, 1.165) is 35.8 Å². The molecular weight excluding hydrogens is 258 g/mol. The molecule has 0 bridgehead atoms. The van der Waals surface area contributed by atoms with Crippen molar-refractivity contribution in [3.63, 3.8) is 0 Å². The zero-order valence-corrected chi connectivity index (χ0v) is 12.5. The lowest BCUT2D eigenvalue weighted by Gasteiger charge is -2.33. The third-order valence-corrected chi connectivity index (χ3v) is 4.31. The number of carbonyl (C=O) groups is 1. The van der Waals surface area contributed by atoms with Gasteiger partial charge in [0.25, 0.3) is 0 Å². The van der Waals surface area contributed by atoms with E-state index in [4.69, 9.17) is 0 Å². The lowest BCUT2D eigenvalue weighted by atomic mass is 9.96. The maximum absolute atomic E-state index is 12.7. The lowest BCUT2D eigenvalue weighted by Crippen LogP contribution is -2.33. The average Bonchev–Trinajstić information content (AvgIpc) is 2.56. The van der Waals surface area contributed by atoms with Gasteiger partial charge in [0.15, 0.2) is 5.78 Å². The van der Waals surface area contributed by atoms with Gasteiger partial charge in [-0.2, -0.15) is 0 Å². The van der Waals surface area contributed by atoms with E-state index in [-0.39, 0.29) is 5.78 Å². The van der Waals surface area contributed by atoms with E-state index < -0.39 is 0 Å². The molecule has 0 aromatic heterocycles. The first kappa shape index (κ1) is 13.9. The molecule has 0 atom stereocenters. The number of nitrogens with zero attached hydrogens (tertiary/aromatic N) is 1. The van der Waals surface area contributed by atoms with Crippen molar-refractivity contribution in [2.45, 2.75) is 19.8 Å². The van der Waals surface area contributed by atoms with Gasteiger partial charge in [0.05, 0.1) is 0 Å². The van der Waals surface area contributed by atoms with Gasteiger partial charge in [-0.25, -0.2) is 0 Å². The summed E-state index contributed by atoms with van der Waals surface area (Å²) in [6, 6.07) is 17.5. The molecule has 21 heavy (non-hydrogen) atoms. The van der Waals surface area contributed by atoms with Crippen LogP contribution >= 0.6 is 0 Å². The molecule has 0 radical (unpaired) electrons. The molecule has 108 valence electrons. The highest BCUT2D eigenvalue weighted by atomic mass is 16.1. The summed E-state index contributed by atoms with van der Waals surface area (Å²) in [6.07, 6.45) is 2.40. The molecule has 1 saturated heterocycles. The second kappa shape index (κ2) is 6.13. The SMILES string of the molecule is CC1CCN(c2ccccc2C(=O)c2ccccc2)CC1. The van der Waals surface area contributed by atoms with Crippen LogP contribution in [-0.2, 0) is 0 Å². The van der Waals surface area contributed by atoms with Crippen LogP contribution in [0.25, 0.3) is 0 Å². The molecule has 1 aliphatic heterocycles. The zero-order valence-electron chi connectivity index (χ0n) is 12.5. The molecule has 0 spiro atoms. The minimum Gasteiger partial charge on any atom is -0.371 e. The van der Waals surface area contributed by atoms with Gasteiger partial charge in [0.2, 0.25) is 0 Å². The number of carbonyl (C=O) groups excluding carboxylic acids is 1. The van der Waals surface area contributed by atoms with Crippen LogP contribution in [0.2, 0.25) is 0 Å². The van der Waals surface area contributed by atoms with Crippen molar-refractivity contribution in [2.75, 3.05) is 18.0 Å². The summed E-state index contributed by atoms with van der Waals surface area (Å²) in [5, 5.41) is 0. The largest absolute Gasteiger partial charge is 0.371 e. The quantitative estimate of drug-likeness (QED) is 0.786. The zero-order chi connectivity index (χ0) is 14.7. The van der Waals surface area contributed by atoms with Crippen LogP contribution in [0.1, 0.15) is 35.7 Å². The lowest BCUT2D eigenvalue weighted by molar-refractivity contribution is 0.103. The molecule has 2 aromatic rings. The molecule has 1 aliphatic rings. The highest BCUT2D eigenvalue weighted by Gasteiger charge is 2.21. The Kier molecular flexibility index (Phi) is 4.05. The number of hydrogen-bond acceptors (Lipinski definition) is 2. The van der Waals surface area contributed by atoms with Crippen LogP contribution in [0.15, 0.2) is 54.6 Å². The Morgan fingerprint density at radius 2 is 1.57 bits per heavy atom. The van der Waals surface area contributed by atoms with Crippen LogP contribution in [0.4, 0.5) is 5.69 Å². The molecule has 2 nitrogen and oxygen atoms in total. The molecule has 1 heterocycles. The number of piperidine rings is 1. The van der Waals surface area contributed by atoms with E-state index in [9.17, 15) is 4.79 Å². The van der Waals surface area contributed by atoms with Gasteiger partial charge in [-0.15, -0.1) is 0 Å². The average molecular weight is 279 g/mol. The third kappa shape index (κ3) is 2.99. The van der Waals surface area contributed by atoms with Crippen LogP contribution in [-0.4, -0.2) is 18.9 Å². The molecule has 3 rings (SSSR count). The van der Waals surface area contributed by atoms with Crippen LogP contribution in [0.3, 0.4) is 0 Å². The number of anilines is 1. The summed E-state index contributed by atoms with van der Waals surface area (Å²) in [4.78, 5) is 15.1. The van der Waals surface area contributed by atoms with E-state index in [2.05, 4.69) is 17.9 Å². The minimum absolute atomic E-state index is 0.116. The molecular formula is C19H21NO. The van der Waals surface area contributed by atoms with Gasteiger partial charge in [0.1, 0.15) is 0 Å². The number of rotatable bonds is 3. The predicted octanol–water partition coefficient (Wildman–Crippen LogP) is 4.15. The van der Waals surface area contributed by atoms with Gasteiger partial charge < -0.3 is 4.90 Å². The summed E-state index contributed by atoms with van der Waals surface area (Å²) >= 11 is 0. The molecule has 0 unspecified atom stereocenters. The van der Waals surface area contributed by atoms with Gasteiger partial charge in [-0.05, 0) is 30.9 Å². The summed E-state index contributed by atoms with van der Waals surface area (Å²) in [5.74, 6) is 0.906. The van der Waals surface area contributed by atoms with Crippen LogP contribution in [0, 0.1) is 5.92 Å². The summed E-state index contributed by atoms with van der Waals surface area (Å²) < 4.78 is 0. The fraction of sp³-hybridized carbons (Fsp3) is 0.316. The van der Waals surface area contributed by atoms with E-state index in [0.29, 0.717) is 0 Å². The predicted molar refractivity (Wildman–Crippen MR) is 86.9 cm³/mol. The van der Waals surface area contributed by atoms with Crippen LogP contribution in [0.5, 0.6) is 0 Å². The monoisotopic (exact) mass is 279 g/mol. The highest BCUT2D eigenvalue weighted by Crippen LogP contribution is 2.27. The molecule has 2 heteroatoms. The Morgan fingerprint density at radius 1 is 0.952 bits per heavy atom. The Balaban J connectivity index is 1.91. The molecule has 2 aromatic carbocycles. The van der Waals surface area contributed by atoms with Crippen LogP contribution < -0.4 is 4.90 Å². The standard InChI is InChI=1S/C19H21NO/c1-15-11-13-20(14-12-15)18-10-6-5-9-17(18)19(21)16-7-3-2-4-8-16/h2-10,15H,11-14H2,1H3. The molecule has 0 aliphatic carbocycles. The summed E-state index contributed by atoms with van der Waals surface area (Å²) in [7, 11) is 0. The summed E-state index contributed by atoms with van der Waals surface area (Å²) in [5.41, 5.74) is 2.66. The molecule has 0 N–H and O–H groups in total. The van der Waals surface area contributed by atoms with Crippen molar-refractivity contribution in [1.29, 1.82) is 0 Å². The molecule has 0 saturated carbocycles. The Bertz CT molecular complexity index is 612. The van der Waals surface area contributed by atoms with Gasteiger partial charge in [-0.1, -0.05) is 49.4 Å². The summed E-state index contributed by atoms with van der Waals surface area (Å²) in [6.45, 7) is 4.39. The Labute approximate surface area is 126 Å². The normalized spacial score (nSPS) is 16.0. The number of ketones is 1. The second-order valence-corrected chi connectivity index (χ2v) is 5.88. The van der Waals surface area contributed by atoms with E-state index >= 15 is 0 Å². The second-order valence-electron chi connectivity index (χ2n) is 5.88. The first-order chi connectivity index (χ1) is 10.3. The fourth-order valence-electron chi connectivity index (χ4n) is 2.94. The van der Waals surface area contributed by atoms with E-state index in [1.54, 1.807) is 0 Å². The first-order valence-corrected chi connectivity index (χ1v) is 7.69. The van der Waals surface area contributed by atoms with Crippen molar-refractivity contribution in [3.8, 4) is 0 Å².